The van der Waals surface area contributed by atoms with E-state index in [0.29, 0.717) is 25.7 Å². The highest BCUT2D eigenvalue weighted by atomic mass is 127. The van der Waals surface area contributed by atoms with Crippen molar-refractivity contribution in [2.24, 2.45) is 10.9 Å². The fraction of sp³-hybridized carbons (Fsp3) is 0.727. The van der Waals surface area contributed by atoms with Crippen LogP contribution >= 0.6 is 24.0 Å². The molecule has 31 heavy (non-hydrogen) atoms. The Morgan fingerprint density at radius 2 is 2.16 bits per heavy atom. The summed E-state index contributed by atoms with van der Waals surface area (Å²) >= 11 is 0. The van der Waals surface area contributed by atoms with E-state index in [9.17, 15) is 0 Å². The van der Waals surface area contributed by atoms with Crippen LogP contribution in [0.2, 0.25) is 0 Å². The molecule has 0 aromatic carbocycles. The number of methoxy groups -OCH3 is 1. The van der Waals surface area contributed by atoms with Crippen molar-refractivity contribution >= 4 is 35.8 Å². The SMILES string of the molecule is CCNC(=NCc1ccc(N2CCOC(C)C2)nc1)N1CCC(COCCOC)C1.I. The number of aliphatic imine (C=N–C) groups is 1. The van der Waals surface area contributed by atoms with E-state index >= 15 is 0 Å². The van der Waals surface area contributed by atoms with Crippen molar-refractivity contribution in [1.82, 2.24) is 15.2 Å². The van der Waals surface area contributed by atoms with Crippen LogP contribution in [0.3, 0.4) is 0 Å². The molecule has 2 aliphatic rings. The van der Waals surface area contributed by atoms with Crippen molar-refractivity contribution in [3.63, 3.8) is 0 Å². The zero-order valence-electron chi connectivity index (χ0n) is 19.1. The van der Waals surface area contributed by atoms with Crippen LogP contribution < -0.4 is 10.2 Å². The quantitative estimate of drug-likeness (QED) is 0.220. The fourth-order valence-electron chi connectivity index (χ4n) is 3.87. The molecule has 9 heteroatoms. The first-order valence-electron chi connectivity index (χ1n) is 11.1. The van der Waals surface area contributed by atoms with Crippen LogP contribution in [0.5, 0.6) is 0 Å². The number of halogens is 1. The molecule has 3 heterocycles. The third-order valence-corrected chi connectivity index (χ3v) is 5.49. The average molecular weight is 547 g/mol. The van der Waals surface area contributed by atoms with E-state index in [4.69, 9.17) is 19.2 Å². The first-order chi connectivity index (χ1) is 14.7. The van der Waals surface area contributed by atoms with Gasteiger partial charge in [-0.15, -0.1) is 24.0 Å². The minimum atomic E-state index is 0. The number of aromatic nitrogens is 1. The topological polar surface area (TPSA) is 71.5 Å². The summed E-state index contributed by atoms with van der Waals surface area (Å²) in [5.41, 5.74) is 1.12. The molecular weight excluding hydrogens is 509 g/mol. The fourth-order valence-corrected chi connectivity index (χ4v) is 3.87. The number of ether oxygens (including phenoxy) is 3. The van der Waals surface area contributed by atoms with Crippen LogP contribution in [0.15, 0.2) is 23.3 Å². The van der Waals surface area contributed by atoms with Gasteiger partial charge in [-0.2, -0.15) is 0 Å². The predicted octanol–water partition coefficient (Wildman–Crippen LogP) is 2.38. The Morgan fingerprint density at radius 3 is 2.87 bits per heavy atom. The molecule has 2 aliphatic heterocycles. The van der Waals surface area contributed by atoms with E-state index in [2.05, 4.69) is 46.1 Å². The highest BCUT2D eigenvalue weighted by molar-refractivity contribution is 14.0. The van der Waals surface area contributed by atoms with E-state index in [1.165, 1.54) is 0 Å². The maximum absolute atomic E-state index is 5.71. The standard InChI is InChI=1S/C22H37N5O3.HI/c1-4-23-22(27-8-7-20(16-27)17-29-12-11-28-3)25-14-19-5-6-21(24-13-19)26-9-10-30-18(2)15-26;/h5-6,13,18,20H,4,7-12,14-17H2,1-3H3,(H,23,25);1H. The Balaban J connectivity index is 0.00000341. The van der Waals surface area contributed by atoms with Gasteiger partial charge in [-0.05, 0) is 31.9 Å². The number of nitrogens with zero attached hydrogens (tertiary/aromatic N) is 4. The van der Waals surface area contributed by atoms with Gasteiger partial charge < -0.3 is 29.3 Å². The highest BCUT2D eigenvalue weighted by Gasteiger charge is 2.25. The van der Waals surface area contributed by atoms with Gasteiger partial charge in [-0.1, -0.05) is 6.07 Å². The molecule has 2 saturated heterocycles. The molecule has 0 saturated carbocycles. The Labute approximate surface area is 203 Å². The molecule has 2 fully saturated rings. The van der Waals surface area contributed by atoms with E-state index in [0.717, 1.165) is 69.7 Å². The van der Waals surface area contributed by atoms with E-state index in [1.807, 2.05) is 6.20 Å². The largest absolute Gasteiger partial charge is 0.382 e. The van der Waals surface area contributed by atoms with Crippen LogP contribution in [0.4, 0.5) is 5.82 Å². The van der Waals surface area contributed by atoms with Crippen LogP contribution in [0.25, 0.3) is 0 Å². The lowest BCUT2D eigenvalue weighted by molar-refractivity contribution is 0.0529. The second-order valence-corrected chi connectivity index (χ2v) is 7.99. The molecular formula is C22H38IN5O3. The van der Waals surface area contributed by atoms with Crippen molar-refractivity contribution in [3.05, 3.63) is 23.9 Å². The zero-order valence-corrected chi connectivity index (χ0v) is 21.4. The van der Waals surface area contributed by atoms with Crippen molar-refractivity contribution in [2.75, 3.05) is 71.2 Å². The number of guanidine groups is 1. The molecule has 8 nitrogen and oxygen atoms in total. The lowest BCUT2D eigenvalue weighted by atomic mass is 10.1. The molecule has 0 amide bonds. The monoisotopic (exact) mass is 547 g/mol. The Bertz CT molecular complexity index is 661. The number of rotatable bonds is 9. The summed E-state index contributed by atoms with van der Waals surface area (Å²) in [7, 11) is 1.70. The predicted molar refractivity (Wildman–Crippen MR) is 134 cm³/mol. The molecule has 0 aliphatic carbocycles. The van der Waals surface area contributed by atoms with Gasteiger partial charge in [-0.25, -0.2) is 9.98 Å². The maximum atomic E-state index is 5.71. The summed E-state index contributed by atoms with van der Waals surface area (Å²) in [6.45, 7) is 12.3. The number of anilines is 1. The minimum Gasteiger partial charge on any atom is -0.382 e. The van der Waals surface area contributed by atoms with Crippen molar-refractivity contribution in [2.45, 2.75) is 32.9 Å². The van der Waals surface area contributed by atoms with Gasteiger partial charge in [0.1, 0.15) is 5.82 Å². The lowest BCUT2D eigenvalue weighted by Gasteiger charge is -2.32. The minimum absolute atomic E-state index is 0. The first-order valence-corrected chi connectivity index (χ1v) is 11.1. The lowest BCUT2D eigenvalue weighted by Crippen LogP contribution is -2.41. The maximum Gasteiger partial charge on any atom is 0.194 e. The number of likely N-dealkylation sites (tertiary alicyclic amines) is 1. The van der Waals surface area contributed by atoms with Crippen LogP contribution in [0, 0.1) is 5.92 Å². The molecule has 2 unspecified atom stereocenters. The van der Waals surface area contributed by atoms with E-state index < -0.39 is 0 Å². The molecule has 1 aromatic heterocycles. The summed E-state index contributed by atoms with van der Waals surface area (Å²) in [6.07, 6.45) is 3.33. The molecule has 1 N–H and O–H groups in total. The summed E-state index contributed by atoms with van der Waals surface area (Å²) in [5.74, 6) is 2.53. The Morgan fingerprint density at radius 1 is 1.29 bits per heavy atom. The number of morpholine rings is 1. The zero-order chi connectivity index (χ0) is 21.2. The summed E-state index contributed by atoms with van der Waals surface area (Å²) < 4.78 is 16.4. The number of hydrogen-bond acceptors (Lipinski definition) is 6. The van der Waals surface area contributed by atoms with Gasteiger partial charge in [0.15, 0.2) is 5.96 Å². The van der Waals surface area contributed by atoms with Gasteiger partial charge in [-0.3, -0.25) is 0 Å². The smallest absolute Gasteiger partial charge is 0.194 e. The van der Waals surface area contributed by atoms with Gasteiger partial charge in [0, 0.05) is 51.9 Å². The van der Waals surface area contributed by atoms with Crippen LogP contribution in [-0.4, -0.2) is 88.2 Å². The third kappa shape index (κ3) is 8.36. The molecule has 0 spiro atoms. The van der Waals surface area contributed by atoms with Crippen molar-refractivity contribution in [1.29, 1.82) is 0 Å². The van der Waals surface area contributed by atoms with Crippen LogP contribution in [0.1, 0.15) is 25.8 Å². The molecule has 176 valence electrons. The number of pyridine rings is 1. The summed E-state index contributed by atoms with van der Waals surface area (Å²) in [4.78, 5) is 14.1. The first kappa shape index (κ1) is 26.1. The van der Waals surface area contributed by atoms with Gasteiger partial charge in [0.05, 0.1) is 39.1 Å². The summed E-state index contributed by atoms with van der Waals surface area (Å²) in [6, 6.07) is 4.23. The average Bonchev–Trinajstić information content (AvgIpc) is 3.23. The molecule has 0 bridgehead atoms. The second-order valence-electron chi connectivity index (χ2n) is 7.99. The molecule has 2 atom stereocenters. The third-order valence-electron chi connectivity index (χ3n) is 5.49. The molecule has 1 aromatic rings. The Hall–Kier alpha value is -1.17. The second kappa shape index (κ2) is 14.1. The van der Waals surface area contributed by atoms with Crippen LogP contribution in [-0.2, 0) is 20.8 Å². The van der Waals surface area contributed by atoms with Gasteiger partial charge in [0.25, 0.3) is 0 Å². The van der Waals surface area contributed by atoms with Gasteiger partial charge >= 0.3 is 0 Å². The Kier molecular flexibility index (Phi) is 11.8. The van der Waals surface area contributed by atoms with Gasteiger partial charge in [0.2, 0.25) is 0 Å². The highest BCUT2D eigenvalue weighted by Crippen LogP contribution is 2.18. The number of hydrogen-bond donors (Lipinski definition) is 1. The van der Waals surface area contributed by atoms with E-state index in [1.54, 1.807) is 7.11 Å². The molecule has 0 radical (unpaired) electrons. The molecule has 3 rings (SSSR count). The summed E-state index contributed by atoms with van der Waals surface area (Å²) in [5, 5.41) is 3.43. The van der Waals surface area contributed by atoms with E-state index in [-0.39, 0.29) is 30.1 Å². The van der Waals surface area contributed by atoms with Crippen molar-refractivity contribution in [3.8, 4) is 0 Å². The normalized spacial score (nSPS) is 21.8. The van der Waals surface area contributed by atoms with Crippen molar-refractivity contribution < 1.29 is 14.2 Å². The number of nitrogens with one attached hydrogen (secondary N) is 1.